The molecule has 0 aliphatic carbocycles. The van der Waals surface area contributed by atoms with Gasteiger partial charge in [-0.05, 0) is 128 Å². The maximum Gasteiger partial charge on any atom is 0.396 e. The fraction of sp³-hybridized carbons (Fsp3) is 0.174. The third-order valence-corrected chi connectivity index (χ3v) is 11.4. The number of nitrogens with zero attached hydrogens (tertiary/aromatic N) is 4. The molecule has 0 aliphatic heterocycles. The predicted molar refractivity (Wildman–Crippen MR) is 235 cm³/mol. The molecule has 8 rings (SSSR count). The lowest BCUT2D eigenvalue weighted by molar-refractivity contribution is 0.104. The first kappa shape index (κ1) is 41.4. The van der Waals surface area contributed by atoms with E-state index >= 15 is 0 Å². The molecule has 0 aliphatic rings. The molecule has 0 bridgehead atoms. The lowest BCUT2D eigenvalue weighted by Gasteiger charge is -2.11. The van der Waals surface area contributed by atoms with Crippen molar-refractivity contribution in [1.82, 2.24) is 19.9 Å². The lowest BCUT2D eigenvalue weighted by Crippen LogP contribution is -2.02. The average Bonchev–Trinajstić information content (AvgIpc) is 3.24. The SMILES string of the molecule is COc1ccc(CCc2cnc3c(N)nc4cc(C(=O)P(=O)(O)O)ccc4c3c2)c(C)c1.COc1ccc(CCc2cnc3c(N)nc4cc(C=O)ccc4c3c2)c(C)c1. The summed E-state index contributed by atoms with van der Waals surface area (Å²) in [5.74, 6) is 2.26. The van der Waals surface area contributed by atoms with Crippen LogP contribution in [0.2, 0.25) is 0 Å². The Balaban J connectivity index is 0.000000183. The van der Waals surface area contributed by atoms with E-state index in [0.717, 1.165) is 76.3 Å². The monoisotopic (exact) mass is 822 g/mol. The van der Waals surface area contributed by atoms with Gasteiger partial charge in [-0.2, -0.15) is 0 Å². The fourth-order valence-corrected chi connectivity index (χ4v) is 7.75. The molecule has 0 fully saturated rings. The molecule has 60 heavy (non-hydrogen) atoms. The highest BCUT2D eigenvalue weighted by Gasteiger charge is 2.27. The summed E-state index contributed by atoms with van der Waals surface area (Å²) in [5, 5.41) is 3.38. The highest BCUT2D eigenvalue weighted by atomic mass is 31.2. The number of aromatic nitrogens is 4. The summed E-state index contributed by atoms with van der Waals surface area (Å²) < 4.78 is 21.9. The zero-order valence-corrected chi connectivity index (χ0v) is 34.4. The first-order valence-electron chi connectivity index (χ1n) is 19.0. The number of aryl methyl sites for hydroxylation is 6. The van der Waals surface area contributed by atoms with Gasteiger partial charge in [-0.25, -0.2) is 9.97 Å². The second-order valence-corrected chi connectivity index (χ2v) is 16.0. The number of ether oxygens (including phenoxy) is 2. The molecule has 0 radical (unpaired) electrons. The number of anilines is 2. The normalized spacial score (nSPS) is 11.4. The first-order chi connectivity index (χ1) is 28.8. The smallest absolute Gasteiger partial charge is 0.396 e. The van der Waals surface area contributed by atoms with E-state index in [9.17, 15) is 23.9 Å². The van der Waals surface area contributed by atoms with E-state index in [2.05, 4.69) is 51.1 Å². The van der Waals surface area contributed by atoms with Gasteiger partial charge in [0.25, 0.3) is 5.52 Å². The first-order valence-corrected chi connectivity index (χ1v) is 20.7. The Hall–Kier alpha value is -6.79. The molecule has 4 aromatic carbocycles. The van der Waals surface area contributed by atoms with Gasteiger partial charge in [0, 0.05) is 45.1 Å². The second-order valence-electron chi connectivity index (χ2n) is 14.5. The molecule has 4 aromatic heterocycles. The third-order valence-electron chi connectivity index (χ3n) is 10.6. The third kappa shape index (κ3) is 8.79. The summed E-state index contributed by atoms with van der Waals surface area (Å²) in [4.78, 5) is 59.1. The van der Waals surface area contributed by atoms with Crippen LogP contribution in [0.4, 0.5) is 11.6 Å². The Morgan fingerprint density at radius 1 is 0.650 bits per heavy atom. The number of aldehydes is 1. The van der Waals surface area contributed by atoms with Crippen molar-refractivity contribution >= 4 is 74.7 Å². The number of methoxy groups -OCH3 is 2. The van der Waals surface area contributed by atoms with Crippen LogP contribution in [-0.2, 0) is 30.2 Å². The van der Waals surface area contributed by atoms with Crippen LogP contribution in [0.3, 0.4) is 0 Å². The van der Waals surface area contributed by atoms with Crippen LogP contribution in [0.25, 0.3) is 43.6 Å². The number of fused-ring (bicyclic) bond motifs is 6. The molecule has 14 heteroatoms. The van der Waals surface area contributed by atoms with Crippen LogP contribution in [0.15, 0.2) is 97.3 Å². The van der Waals surface area contributed by atoms with Crippen LogP contribution < -0.4 is 20.9 Å². The summed E-state index contributed by atoms with van der Waals surface area (Å²) in [7, 11) is -1.57. The van der Waals surface area contributed by atoms with Crippen LogP contribution in [-0.4, -0.2) is 55.8 Å². The van der Waals surface area contributed by atoms with Gasteiger partial charge in [-0.1, -0.05) is 30.3 Å². The van der Waals surface area contributed by atoms with Crippen molar-refractivity contribution in [2.45, 2.75) is 39.5 Å². The molecule has 0 unspecified atom stereocenters. The average molecular weight is 823 g/mol. The van der Waals surface area contributed by atoms with Crippen LogP contribution in [0, 0.1) is 13.8 Å². The Kier molecular flexibility index (Phi) is 11.9. The molecular weight excluding hydrogens is 780 g/mol. The number of hydrogen-bond acceptors (Lipinski definition) is 11. The van der Waals surface area contributed by atoms with Crippen molar-refractivity contribution in [2.75, 3.05) is 25.7 Å². The topological polar surface area (TPSA) is 214 Å². The van der Waals surface area contributed by atoms with E-state index in [1.807, 2.05) is 43.5 Å². The summed E-state index contributed by atoms with van der Waals surface area (Å²) >= 11 is 0. The Bertz CT molecular complexity index is 3020. The van der Waals surface area contributed by atoms with Crippen LogP contribution in [0.5, 0.6) is 11.5 Å². The summed E-state index contributed by atoms with van der Waals surface area (Å²) in [6.07, 6.45) is 7.81. The standard InChI is InChI=1S/C23H22N3O5P.C23H21N3O2/c1-13-9-17(31-2)7-5-15(13)4-3-14-10-19-18-8-6-16(23(27)32(28,29)30)11-20(18)26-22(24)21(19)25-12-14;1-14-9-18(28-2)7-6-17(14)5-3-15-10-20-19-8-4-16(13-27)11-21(19)26-23(24)22(20)25-12-15/h5-12H,3-4H2,1-2H3,(H2,24,26)(H2,28,29,30);4,6-13H,3,5H2,1-2H3,(H2,24,26). The van der Waals surface area contributed by atoms with Gasteiger partial charge in [-0.3, -0.25) is 24.1 Å². The van der Waals surface area contributed by atoms with Gasteiger partial charge in [0.05, 0.1) is 25.3 Å². The van der Waals surface area contributed by atoms with E-state index in [1.165, 1.54) is 28.8 Å². The molecule has 13 nitrogen and oxygen atoms in total. The minimum absolute atomic E-state index is 0.115. The number of benzene rings is 4. The largest absolute Gasteiger partial charge is 0.497 e. The molecule has 0 atom stereocenters. The van der Waals surface area contributed by atoms with Gasteiger partial charge in [0.1, 0.15) is 28.8 Å². The van der Waals surface area contributed by atoms with E-state index in [0.29, 0.717) is 38.8 Å². The maximum atomic E-state index is 12.0. The van der Waals surface area contributed by atoms with E-state index in [-0.39, 0.29) is 11.4 Å². The Morgan fingerprint density at radius 2 is 1.13 bits per heavy atom. The van der Waals surface area contributed by atoms with E-state index in [1.54, 1.807) is 38.6 Å². The van der Waals surface area contributed by atoms with Crippen molar-refractivity contribution < 1.29 is 33.4 Å². The molecule has 0 saturated heterocycles. The number of hydrogen-bond donors (Lipinski definition) is 4. The van der Waals surface area contributed by atoms with Crippen molar-refractivity contribution in [3.05, 3.63) is 142 Å². The quantitative estimate of drug-likeness (QED) is 0.0553. The van der Waals surface area contributed by atoms with Crippen molar-refractivity contribution in [2.24, 2.45) is 0 Å². The zero-order chi connectivity index (χ0) is 42.7. The van der Waals surface area contributed by atoms with Gasteiger partial charge in [0.15, 0.2) is 11.6 Å². The molecule has 0 saturated carbocycles. The highest BCUT2D eigenvalue weighted by Crippen LogP contribution is 2.40. The van der Waals surface area contributed by atoms with Gasteiger partial charge in [-0.15, -0.1) is 0 Å². The number of carbonyl (C=O) groups is 2. The van der Waals surface area contributed by atoms with Gasteiger partial charge in [0.2, 0.25) is 0 Å². The molecule has 0 spiro atoms. The Morgan fingerprint density at radius 3 is 1.58 bits per heavy atom. The second kappa shape index (κ2) is 17.2. The predicted octanol–water partition coefficient (Wildman–Crippen LogP) is 8.07. The van der Waals surface area contributed by atoms with Gasteiger partial charge >= 0.3 is 7.60 Å². The lowest BCUT2D eigenvalue weighted by atomic mass is 9.99. The molecule has 6 N–H and O–H groups in total. The summed E-state index contributed by atoms with van der Waals surface area (Å²) in [6.45, 7) is 4.15. The van der Waals surface area contributed by atoms with Crippen molar-refractivity contribution in [1.29, 1.82) is 0 Å². The van der Waals surface area contributed by atoms with Crippen LogP contribution >= 0.6 is 7.60 Å². The van der Waals surface area contributed by atoms with E-state index in [4.69, 9.17) is 20.9 Å². The minimum Gasteiger partial charge on any atom is -0.497 e. The minimum atomic E-state index is -4.89. The molecule has 8 aromatic rings. The Labute approximate surface area is 345 Å². The van der Waals surface area contributed by atoms with Crippen LogP contribution in [0.1, 0.15) is 54.1 Å². The number of nitrogen functional groups attached to an aromatic ring is 2. The number of carbonyl (C=O) groups excluding carboxylic acids is 2. The highest BCUT2D eigenvalue weighted by molar-refractivity contribution is 7.70. The van der Waals surface area contributed by atoms with Crippen molar-refractivity contribution in [3.63, 3.8) is 0 Å². The molecule has 4 heterocycles. The summed E-state index contributed by atoms with van der Waals surface area (Å²) in [5.41, 5.74) is 20.7. The fourth-order valence-electron chi connectivity index (χ4n) is 7.28. The summed E-state index contributed by atoms with van der Waals surface area (Å²) in [6, 6.07) is 26.1. The van der Waals surface area contributed by atoms with E-state index < -0.39 is 13.1 Å². The number of nitrogens with two attached hydrogens (primary N) is 2. The van der Waals surface area contributed by atoms with Gasteiger partial charge < -0.3 is 30.7 Å². The van der Waals surface area contributed by atoms with Crippen molar-refractivity contribution in [3.8, 4) is 11.5 Å². The number of rotatable bonds is 11. The molecule has 304 valence electrons. The molecule has 0 amide bonds. The maximum absolute atomic E-state index is 12.0. The number of pyridine rings is 4. The zero-order valence-electron chi connectivity index (χ0n) is 33.5. The molecular formula is C46H43N6O7P.